The number of anilines is 1. The molecular weight excluding hydrogens is 587 g/mol. The van der Waals surface area contributed by atoms with Gasteiger partial charge in [-0.3, -0.25) is 4.79 Å². The number of hydrazone groups is 1. The molecule has 2 heterocycles. The minimum Gasteiger partial charge on any atom is -0.493 e. The van der Waals surface area contributed by atoms with Gasteiger partial charge in [-0.15, -0.1) is 5.10 Å². The van der Waals surface area contributed by atoms with E-state index in [2.05, 4.69) is 51.7 Å². The van der Waals surface area contributed by atoms with Gasteiger partial charge >= 0.3 is 0 Å². The molecule has 3 aromatic carbocycles. The first kappa shape index (κ1) is 26.5. The highest BCUT2D eigenvalue weighted by Crippen LogP contribution is 2.37. The lowest BCUT2D eigenvalue weighted by Gasteiger charge is -2.14. The van der Waals surface area contributed by atoms with Gasteiger partial charge in [-0.1, -0.05) is 53.7 Å². The third-order valence-corrected chi connectivity index (χ3v) is 6.18. The number of carbonyl (C=O) groups excluding carboxylic acids is 1. The van der Waals surface area contributed by atoms with Crippen LogP contribution in [0.25, 0.3) is 17.1 Å². The summed E-state index contributed by atoms with van der Waals surface area (Å²) in [6.45, 7) is 0.00556. The third-order valence-electron chi connectivity index (χ3n) is 5.59. The number of nitrogens with zero attached hydrogens (tertiary/aromatic N) is 6. The van der Waals surface area contributed by atoms with Crippen molar-refractivity contribution in [2.45, 2.75) is 6.61 Å². The lowest BCUT2D eigenvalue weighted by Crippen LogP contribution is -2.19. The second-order valence-electron chi connectivity index (χ2n) is 8.15. The molecule has 0 atom stereocenters. The van der Waals surface area contributed by atoms with E-state index in [0.717, 1.165) is 0 Å². The summed E-state index contributed by atoms with van der Waals surface area (Å²) >= 11 is 3.45. The zero-order chi connectivity index (χ0) is 28.1. The van der Waals surface area contributed by atoms with Gasteiger partial charge in [0.25, 0.3) is 5.91 Å². The highest BCUT2D eigenvalue weighted by atomic mass is 79.9. The lowest BCUT2D eigenvalue weighted by atomic mass is 10.1. The Hall–Kier alpha value is -5.11. The molecule has 202 valence electrons. The van der Waals surface area contributed by atoms with Gasteiger partial charge in [0.15, 0.2) is 17.2 Å². The molecule has 0 fully saturated rings. The fourth-order valence-electron chi connectivity index (χ4n) is 3.71. The smallest absolute Gasteiger partial charge is 0.294 e. The number of nitrogens with one attached hydrogen (secondary N) is 1. The predicted molar refractivity (Wildman–Crippen MR) is 146 cm³/mol. The number of aromatic nitrogens is 5. The number of benzene rings is 3. The third kappa shape index (κ3) is 5.51. The van der Waals surface area contributed by atoms with Crippen molar-refractivity contribution < 1.29 is 23.3 Å². The lowest BCUT2D eigenvalue weighted by molar-refractivity contribution is 0.0950. The van der Waals surface area contributed by atoms with E-state index in [-0.39, 0.29) is 29.8 Å². The molecule has 5 rings (SSSR count). The maximum absolute atomic E-state index is 14.0. The zero-order valence-corrected chi connectivity index (χ0v) is 22.4. The van der Waals surface area contributed by atoms with Crippen molar-refractivity contribution in [1.82, 2.24) is 30.7 Å². The Morgan fingerprint density at radius 2 is 1.95 bits per heavy atom. The molecule has 0 saturated heterocycles. The summed E-state index contributed by atoms with van der Waals surface area (Å²) in [6.07, 6.45) is 1.41. The van der Waals surface area contributed by atoms with E-state index in [9.17, 15) is 9.18 Å². The van der Waals surface area contributed by atoms with Crippen LogP contribution in [0.1, 0.15) is 21.6 Å². The number of hydrogen-bond donors (Lipinski definition) is 2. The van der Waals surface area contributed by atoms with Crippen LogP contribution in [0.4, 0.5) is 10.2 Å². The molecule has 0 radical (unpaired) electrons. The second-order valence-corrected chi connectivity index (χ2v) is 9.01. The van der Waals surface area contributed by atoms with Crippen LogP contribution in [-0.4, -0.2) is 44.5 Å². The number of methoxy groups -OCH3 is 1. The maximum atomic E-state index is 14.0. The highest BCUT2D eigenvalue weighted by molar-refractivity contribution is 9.10. The van der Waals surface area contributed by atoms with Gasteiger partial charge in [-0.05, 0) is 50.0 Å². The normalized spacial score (nSPS) is 11.1. The topological polar surface area (TPSA) is 156 Å². The number of nitrogens with two attached hydrogens (primary N) is 1. The number of nitrogen functional groups attached to an aromatic ring is 1. The van der Waals surface area contributed by atoms with E-state index < -0.39 is 5.91 Å². The number of carbonyl (C=O) groups is 1. The van der Waals surface area contributed by atoms with Crippen LogP contribution in [0.15, 0.2) is 80.9 Å². The minimum absolute atomic E-state index is 0.00556. The minimum atomic E-state index is -0.632. The van der Waals surface area contributed by atoms with Gasteiger partial charge in [0, 0.05) is 11.1 Å². The Morgan fingerprint density at radius 3 is 2.67 bits per heavy atom. The van der Waals surface area contributed by atoms with Crippen LogP contribution >= 0.6 is 15.9 Å². The van der Waals surface area contributed by atoms with Gasteiger partial charge in [-0.25, -0.2) is 14.4 Å². The standard InChI is InChI=1S/C26H20BrFN8O4/c1-38-20-12-15(11-18(27)23(20)39-14-17-9-5-6-10-19(17)28)13-30-32-26(37)21-22(16-7-3-2-4-8-16)36(35-31-21)25-24(29)33-40-34-25/h2-13H,14H2,1H3,(H2,29,33)(H,32,37). The number of rotatable bonds is 9. The van der Waals surface area contributed by atoms with Crippen LogP contribution in [0, 0.1) is 5.82 Å². The van der Waals surface area contributed by atoms with Crippen molar-refractivity contribution in [1.29, 1.82) is 0 Å². The summed E-state index contributed by atoms with van der Waals surface area (Å²) in [7, 11) is 1.48. The van der Waals surface area contributed by atoms with Gasteiger partial charge in [-0.2, -0.15) is 9.78 Å². The number of ether oxygens (including phenoxy) is 2. The summed E-state index contributed by atoms with van der Waals surface area (Å²) < 4.78 is 31.7. The molecule has 0 aliphatic rings. The zero-order valence-electron chi connectivity index (χ0n) is 20.8. The molecule has 0 bridgehead atoms. The highest BCUT2D eigenvalue weighted by Gasteiger charge is 2.25. The Kier molecular flexibility index (Phi) is 7.77. The van der Waals surface area contributed by atoms with Gasteiger partial charge in [0.2, 0.25) is 11.6 Å². The Morgan fingerprint density at radius 1 is 1.18 bits per heavy atom. The largest absolute Gasteiger partial charge is 0.493 e. The van der Waals surface area contributed by atoms with Crippen molar-refractivity contribution in [3.8, 4) is 28.6 Å². The molecule has 0 spiro atoms. The van der Waals surface area contributed by atoms with E-state index in [1.165, 1.54) is 24.1 Å². The van der Waals surface area contributed by atoms with Crippen LogP contribution in [-0.2, 0) is 6.61 Å². The molecular formula is C26H20BrFN8O4. The molecule has 12 nitrogen and oxygen atoms in total. The fourth-order valence-corrected chi connectivity index (χ4v) is 4.29. The molecule has 3 N–H and O–H groups in total. The van der Waals surface area contributed by atoms with Crippen molar-refractivity contribution in [2.24, 2.45) is 5.10 Å². The quantitative estimate of drug-likeness (QED) is 0.186. The molecule has 0 saturated carbocycles. The summed E-state index contributed by atoms with van der Waals surface area (Å²) in [5.41, 5.74) is 10.2. The molecule has 0 unspecified atom stereocenters. The second kappa shape index (κ2) is 11.7. The van der Waals surface area contributed by atoms with Crippen molar-refractivity contribution >= 4 is 33.9 Å². The van der Waals surface area contributed by atoms with E-state index >= 15 is 0 Å². The number of hydrogen-bond acceptors (Lipinski definition) is 10. The van der Waals surface area contributed by atoms with E-state index in [0.29, 0.717) is 38.4 Å². The Labute approximate surface area is 234 Å². The van der Waals surface area contributed by atoms with Crippen LogP contribution in [0.2, 0.25) is 0 Å². The molecule has 0 aliphatic carbocycles. The summed E-state index contributed by atoms with van der Waals surface area (Å²) in [5.74, 6) is -0.165. The van der Waals surface area contributed by atoms with Crippen LogP contribution in [0.3, 0.4) is 0 Å². The van der Waals surface area contributed by atoms with Gasteiger partial charge in [0.05, 0.1) is 17.8 Å². The Bertz CT molecular complexity index is 1690. The van der Waals surface area contributed by atoms with E-state index in [1.54, 1.807) is 54.6 Å². The molecule has 0 aliphatic heterocycles. The molecule has 5 aromatic rings. The van der Waals surface area contributed by atoms with Crippen molar-refractivity contribution in [2.75, 3.05) is 12.8 Å². The first-order chi connectivity index (χ1) is 19.5. The van der Waals surface area contributed by atoms with Crippen molar-refractivity contribution in [3.05, 3.63) is 93.8 Å². The van der Waals surface area contributed by atoms with E-state index in [4.69, 9.17) is 15.2 Å². The summed E-state index contributed by atoms with van der Waals surface area (Å²) in [4.78, 5) is 13.1. The monoisotopic (exact) mass is 606 g/mol. The van der Waals surface area contributed by atoms with Crippen LogP contribution < -0.4 is 20.6 Å². The average molecular weight is 607 g/mol. The maximum Gasteiger partial charge on any atom is 0.294 e. The summed E-state index contributed by atoms with van der Waals surface area (Å²) in [5, 5.41) is 19.4. The first-order valence-electron chi connectivity index (χ1n) is 11.6. The fraction of sp³-hybridized carbons (Fsp3) is 0.0769. The molecule has 40 heavy (non-hydrogen) atoms. The number of halogens is 2. The Balaban J connectivity index is 1.35. The molecule has 1 amide bonds. The summed E-state index contributed by atoms with van der Waals surface area (Å²) in [6, 6.07) is 18.7. The number of amides is 1. The first-order valence-corrected chi connectivity index (χ1v) is 12.4. The van der Waals surface area contributed by atoms with Gasteiger partial charge < -0.3 is 15.2 Å². The molecule has 14 heteroatoms. The SMILES string of the molecule is COc1cc(C=NNC(=O)c2nnn(-c3nonc3N)c2-c2ccccc2)cc(Br)c1OCc1ccccc1F. The van der Waals surface area contributed by atoms with E-state index in [1.807, 2.05) is 6.07 Å². The van der Waals surface area contributed by atoms with Crippen LogP contribution in [0.5, 0.6) is 11.5 Å². The van der Waals surface area contributed by atoms with Crippen molar-refractivity contribution in [3.63, 3.8) is 0 Å². The average Bonchev–Trinajstić information content (AvgIpc) is 3.59. The predicted octanol–water partition coefficient (Wildman–Crippen LogP) is 4.15. The van der Waals surface area contributed by atoms with Gasteiger partial charge in [0.1, 0.15) is 18.1 Å². The molecule has 2 aromatic heterocycles.